The second-order valence-corrected chi connectivity index (χ2v) is 7.54. The number of ether oxygens (including phenoxy) is 1. The zero-order chi connectivity index (χ0) is 18.5. The van der Waals surface area contributed by atoms with Crippen LogP contribution in [-0.2, 0) is 17.6 Å². The molecule has 1 aromatic heterocycles. The van der Waals surface area contributed by atoms with Gasteiger partial charge in [-0.1, -0.05) is 11.8 Å². The molecule has 138 valence electrons. The molecule has 0 saturated carbocycles. The number of nitrogens with zero attached hydrogens (tertiary/aromatic N) is 1. The topological polar surface area (TPSA) is 84.1 Å². The predicted molar refractivity (Wildman–Crippen MR) is 103 cm³/mol. The molecule has 1 aliphatic rings. The Morgan fingerprint density at radius 1 is 1.31 bits per heavy atom. The monoisotopic (exact) mass is 373 g/mol. The highest BCUT2D eigenvalue weighted by molar-refractivity contribution is 8.00. The summed E-state index contributed by atoms with van der Waals surface area (Å²) in [6.07, 6.45) is 3.71. The number of amides is 1. The molecule has 3 rings (SSSR count). The van der Waals surface area contributed by atoms with Gasteiger partial charge < -0.3 is 15.0 Å². The van der Waals surface area contributed by atoms with Gasteiger partial charge in [0.15, 0.2) is 5.16 Å². The number of hydrogen-bond acceptors (Lipinski definition) is 5. The van der Waals surface area contributed by atoms with Crippen molar-refractivity contribution < 1.29 is 9.53 Å². The van der Waals surface area contributed by atoms with E-state index in [1.54, 1.807) is 19.1 Å². The summed E-state index contributed by atoms with van der Waals surface area (Å²) < 4.78 is 5.39. The second-order valence-electron chi connectivity index (χ2n) is 6.21. The number of carbonyl (C=O) groups excluding carboxylic acids is 1. The van der Waals surface area contributed by atoms with E-state index in [1.165, 1.54) is 11.8 Å². The Balaban J connectivity index is 1.64. The fourth-order valence-corrected chi connectivity index (χ4v) is 3.72. The standard InChI is InChI=1S/C19H23N3O3S/c1-3-25-14-10-8-13(9-11-14)20-17(23)12(2)26-19-21-16-7-5-4-6-15(16)18(24)22-19/h8-12H,3-7H2,1-2H3,(H,20,23)(H,21,22,24). The van der Waals surface area contributed by atoms with E-state index in [9.17, 15) is 9.59 Å². The Hall–Kier alpha value is -2.28. The number of aromatic nitrogens is 2. The fourth-order valence-electron chi connectivity index (χ4n) is 2.90. The van der Waals surface area contributed by atoms with Crippen LogP contribution in [0.5, 0.6) is 5.75 Å². The number of aryl methyl sites for hydroxylation is 1. The lowest BCUT2D eigenvalue weighted by Crippen LogP contribution is -2.25. The highest BCUT2D eigenvalue weighted by Gasteiger charge is 2.19. The van der Waals surface area contributed by atoms with E-state index in [0.29, 0.717) is 17.5 Å². The van der Waals surface area contributed by atoms with Crippen LogP contribution in [0.2, 0.25) is 0 Å². The molecule has 1 amide bonds. The summed E-state index contributed by atoms with van der Waals surface area (Å²) in [6.45, 7) is 4.33. The average molecular weight is 373 g/mol. The molecule has 1 heterocycles. The molecule has 26 heavy (non-hydrogen) atoms. The summed E-state index contributed by atoms with van der Waals surface area (Å²) in [5.41, 5.74) is 2.31. The van der Waals surface area contributed by atoms with Crippen molar-refractivity contribution in [2.75, 3.05) is 11.9 Å². The van der Waals surface area contributed by atoms with Crippen LogP contribution < -0.4 is 15.6 Å². The highest BCUT2D eigenvalue weighted by Crippen LogP contribution is 2.23. The van der Waals surface area contributed by atoms with Crippen LogP contribution in [0.1, 0.15) is 37.9 Å². The minimum Gasteiger partial charge on any atom is -0.494 e. The third-order valence-corrected chi connectivity index (χ3v) is 5.24. The second kappa shape index (κ2) is 8.40. The van der Waals surface area contributed by atoms with E-state index in [1.807, 2.05) is 19.1 Å². The van der Waals surface area contributed by atoms with Crippen molar-refractivity contribution in [3.63, 3.8) is 0 Å². The molecule has 0 spiro atoms. The third-order valence-electron chi connectivity index (χ3n) is 4.26. The number of fused-ring (bicyclic) bond motifs is 1. The molecule has 1 atom stereocenters. The summed E-state index contributed by atoms with van der Waals surface area (Å²) in [7, 11) is 0. The van der Waals surface area contributed by atoms with Crippen molar-refractivity contribution in [1.29, 1.82) is 0 Å². The van der Waals surface area contributed by atoms with E-state index < -0.39 is 0 Å². The number of carbonyl (C=O) groups is 1. The van der Waals surface area contributed by atoms with Crippen molar-refractivity contribution >= 4 is 23.4 Å². The van der Waals surface area contributed by atoms with Gasteiger partial charge in [0, 0.05) is 11.3 Å². The number of aromatic amines is 1. The first kappa shape index (κ1) is 18.5. The van der Waals surface area contributed by atoms with Gasteiger partial charge in [-0.2, -0.15) is 0 Å². The first-order valence-corrected chi connectivity index (χ1v) is 9.77. The molecule has 0 aliphatic heterocycles. The van der Waals surface area contributed by atoms with Crippen LogP contribution in [0.25, 0.3) is 0 Å². The molecule has 0 saturated heterocycles. The van der Waals surface area contributed by atoms with Gasteiger partial charge in [0.05, 0.1) is 17.6 Å². The van der Waals surface area contributed by atoms with Crippen LogP contribution in [-0.4, -0.2) is 27.7 Å². The van der Waals surface area contributed by atoms with Crippen LogP contribution >= 0.6 is 11.8 Å². The molecule has 6 nitrogen and oxygen atoms in total. The van der Waals surface area contributed by atoms with Crippen molar-refractivity contribution in [3.8, 4) is 5.75 Å². The maximum atomic E-state index is 12.4. The minimum atomic E-state index is -0.383. The average Bonchev–Trinajstić information content (AvgIpc) is 2.63. The van der Waals surface area contributed by atoms with Crippen LogP contribution in [0, 0.1) is 0 Å². The Morgan fingerprint density at radius 3 is 2.77 bits per heavy atom. The van der Waals surface area contributed by atoms with Crippen LogP contribution in [0.4, 0.5) is 5.69 Å². The van der Waals surface area contributed by atoms with E-state index in [0.717, 1.165) is 42.7 Å². The lowest BCUT2D eigenvalue weighted by molar-refractivity contribution is -0.115. The number of hydrogen-bond donors (Lipinski definition) is 2. The lowest BCUT2D eigenvalue weighted by atomic mass is 9.97. The molecule has 2 aromatic rings. The van der Waals surface area contributed by atoms with Gasteiger partial charge >= 0.3 is 0 Å². The SMILES string of the molecule is CCOc1ccc(NC(=O)C(C)Sc2nc3c(c(=O)[nH]2)CCCC3)cc1. The minimum absolute atomic E-state index is 0.0729. The highest BCUT2D eigenvalue weighted by atomic mass is 32.2. The molecule has 1 aromatic carbocycles. The molecule has 2 N–H and O–H groups in total. The van der Waals surface area contributed by atoms with Gasteiger partial charge in [-0.05, 0) is 63.8 Å². The van der Waals surface area contributed by atoms with Gasteiger partial charge in [0.2, 0.25) is 5.91 Å². The molecule has 0 bridgehead atoms. The predicted octanol–water partition coefficient (Wildman–Crippen LogP) is 3.17. The van der Waals surface area contributed by atoms with Crippen LogP contribution in [0.3, 0.4) is 0 Å². The van der Waals surface area contributed by atoms with Crippen molar-refractivity contribution in [1.82, 2.24) is 9.97 Å². The molecular formula is C19H23N3O3S. The molecule has 1 unspecified atom stereocenters. The largest absolute Gasteiger partial charge is 0.494 e. The smallest absolute Gasteiger partial charge is 0.254 e. The van der Waals surface area contributed by atoms with Gasteiger partial charge in [-0.3, -0.25) is 9.59 Å². The fraction of sp³-hybridized carbons (Fsp3) is 0.421. The quantitative estimate of drug-likeness (QED) is 0.600. The van der Waals surface area contributed by atoms with E-state index in [2.05, 4.69) is 15.3 Å². The lowest BCUT2D eigenvalue weighted by Gasteiger charge is -2.16. The number of H-pyrrole nitrogens is 1. The Labute approximate surface area is 156 Å². The Kier molecular flexibility index (Phi) is 5.98. The van der Waals surface area contributed by atoms with E-state index in [4.69, 9.17) is 4.74 Å². The summed E-state index contributed by atoms with van der Waals surface area (Å²) in [5.74, 6) is 0.628. The summed E-state index contributed by atoms with van der Waals surface area (Å²) in [5, 5.41) is 2.99. The normalized spacial score (nSPS) is 14.4. The van der Waals surface area contributed by atoms with Crippen LogP contribution in [0.15, 0.2) is 34.2 Å². The zero-order valence-corrected chi connectivity index (χ0v) is 15.8. The van der Waals surface area contributed by atoms with Gasteiger partial charge in [-0.15, -0.1) is 0 Å². The van der Waals surface area contributed by atoms with Gasteiger partial charge in [0.25, 0.3) is 5.56 Å². The summed E-state index contributed by atoms with van der Waals surface area (Å²) >= 11 is 1.27. The number of anilines is 1. The zero-order valence-electron chi connectivity index (χ0n) is 15.0. The molecule has 0 fully saturated rings. The maximum Gasteiger partial charge on any atom is 0.254 e. The summed E-state index contributed by atoms with van der Waals surface area (Å²) in [4.78, 5) is 32.0. The maximum absolute atomic E-state index is 12.4. The van der Waals surface area contributed by atoms with Crippen molar-refractivity contribution in [3.05, 3.63) is 45.9 Å². The van der Waals surface area contributed by atoms with Gasteiger partial charge in [-0.25, -0.2) is 4.98 Å². The van der Waals surface area contributed by atoms with E-state index >= 15 is 0 Å². The number of thioether (sulfide) groups is 1. The number of nitrogens with one attached hydrogen (secondary N) is 2. The van der Waals surface area contributed by atoms with Crippen molar-refractivity contribution in [2.24, 2.45) is 0 Å². The number of benzene rings is 1. The first-order valence-electron chi connectivity index (χ1n) is 8.89. The van der Waals surface area contributed by atoms with Gasteiger partial charge in [0.1, 0.15) is 5.75 Å². The van der Waals surface area contributed by atoms with E-state index in [-0.39, 0.29) is 16.7 Å². The Morgan fingerprint density at radius 2 is 2.04 bits per heavy atom. The molecular weight excluding hydrogens is 350 g/mol. The molecule has 1 aliphatic carbocycles. The molecule has 7 heteroatoms. The summed E-state index contributed by atoms with van der Waals surface area (Å²) in [6, 6.07) is 7.25. The Bertz CT molecular complexity index is 833. The van der Waals surface area contributed by atoms with Crippen molar-refractivity contribution in [2.45, 2.75) is 49.9 Å². The number of rotatable bonds is 6. The third kappa shape index (κ3) is 4.46. The molecule has 0 radical (unpaired) electrons. The first-order chi connectivity index (χ1) is 12.6.